The zero-order valence-corrected chi connectivity index (χ0v) is 9.11. The molecule has 1 aliphatic heterocycles. The average Bonchev–Trinajstić information content (AvgIpc) is 2.64. The van der Waals surface area contributed by atoms with E-state index in [0.717, 1.165) is 32.4 Å². The Hall–Kier alpha value is -0.840. The molecule has 1 aliphatic rings. The summed E-state index contributed by atoms with van der Waals surface area (Å²) in [6, 6.07) is 0.0467. The van der Waals surface area contributed by atoms with Gasteiger partial charge in [-0.1, -0.05) is 12.2 Å². The van der Waals surface area contributed by atoms with Crippen LogP contribution in [0.2, 0.25) is 0 Å². The molecule has 1 rings (SSSR count). The zero-order chi connectivity index (χ0) is 10.4. The first kappa shape index (κ1) is 11.2. The van der Waals surface area contributed by atoms with Crippen LogP contribution in [0.25, 0.3) is 0 Å². The number of carbonyl (C=O) groups is 1. The molecule has 0 atom stereocenters. The third-order valence-corrected chi connectivity index (χ3v) is 2.47. The van der Waals surface area contributed by atoms with E-state index in [1.807, 2.05) is 4.90 Å². The minimum absolute atomic E-state index is 0.0467. The average molecular weight is 215 g/mol. The van der Waals surface area contributed by atoms with Crippen molar-refractivity contribution in [3.8, 4) is 0 Å². The standard InChI is InChI=1S/C9H17N3OS/c10-8(14)4-3-5-11-9(13)12-6-1-2-7-12/h1-7H2,(H2,10,14)(H,11,13). The zero-order valence-electron chi connectivity index (χ0n) is 8.29. The van der Waals surface area contributed by atoms with Crippen molar-refractivity contribution in [2.45, 2.75) is 25.7 Å². The Morgan fingerprint density at radius 2 is 2.07 bits per heavy atom. The van der Waals surface area contributed by atoms with Crippen LogP contribution >= 0.6 is 12.2 Å². The Labute approximate surface area is 89.8 Å². The number of urea groups is 1. The van der Waals surface area contributed by atoms with Crippen LogP contribution in [0.1, 0.15) is 25.7 Å². The predicted molar refractivity (Wildman–Crippen MR) is 60.2 cm³/mol. The van der Waals surface area contributed by atoms with Gasteiger partial charge in [-0.3, -0.25) is 0 Å². The van der Waals surface area contributed by atoms with Crippen LogP contribution in [-0.2, 0) is 0 Å². The number of thiocarbonyl (C=S) groups is 1. The molecule has 0 unspecified atom stereocenters. The number of hydrogen-bond acceptors (Lipinski definition) is 2. The largest absolute Gasteiger partial charge is 0.393 e. The molecule has 0 saturated carbocycles. The lowest BCUT2D eigenvalue weighted by molar-refractivity contribution is 0.209. The normalized spacial score (nSPS) is 15.6. The van der Waals surface area contributed by atoms with Crippen LogP contribution in [0.5, 0.6) is 0 Å². The van der Waals surface area contributed by atoms with Gasteiger partial charge in [0.25, 0.3) is 0 Å². The lowest BCUT2D eigenvalue weighted by Gasteiger charge is -2.15. The van der Waals surface area contributed by atoms with Gasteiger partial charge in [0.1, 0.15) is 0 Å². The molecule has 1 saturated heterocycles. The molecule has 0 aromatic heterocycles. The monoisotopic (exact) mass is 215 g/mol. The van der Waals surface area contributed by atoms with Crippen molar-refractivity contribution in [3.63, 3.8) is 0 Å². The number of likely N-dealkylation sites (tertiary alicyclic amines) is 1. The fourth-order valence-electron chi connectivity index (χ4n) is 1.49. The Morgan fingerprint density at radius 3 is 2.64 bits per heavy atom. The number of nitrogens with two attached hydrogens (primary N) is 1. The lowest BCUT2D eigenvalue weighted by atomic mass is 10.3. The highest BCUT2D eigenvalue weighted by Gasteiger charge is 2.16. The maximum Gasteiger partial charge on any atom is 0.317 e. The maximum absolute atomic E-state index is 11.4. The van der Waals surface area contributed by atoms with Crippen molar-refractivity contribution in [2.75, 3.05) is 19.6 Å². The van der Waals surface area contributed by atoms with Gasteiger partial charge in [-0.2, -0.15) is 0 Å². The van der Waals surface area contributed by atoms with Crippen LogP contribution in [0.15, 0.2) is 0 Å². The van der Waals surface area contributed by atoms with Gasteiger partial charge in [-0.15, -0.1) is 0 Å². The highest BCUT2D eigenvalue weighted by Crippen LogP contribution is 2.06. The SMILES string of the molecule is NC(=S)CCCNC(=O)N1CCCC1. The molecule has 4 nitrogen and oxygen atoms in total. The van der Waals surface area contributed by atoms with Crippen LogP contribution in [0.4, 0.5) is 4.79 Å². The highest BCUT2D eigenvalue weighted by atomic mass is 32.1. The second-order valence-electron chi connectivity index (χ2n) is 3.50. The van der Waals surface area contributed by atoms with E-state index < -0.39 is 0 Å². The number of amides is 2. The number of hydrogen-bond donors (Lipinski definition) is 2. The van der Waals surface area contributed by atoms with Gasteiger partial charge in [0, 0.05) is 19.6 Å². The molecule has 14 heavy (non-hydrogen) atoms. The van der Waals surface area contributed by atoms with E-state index in [0.29, 0.717) is 18.0 Å². The fourth-order valence-corrected chi connectivity index (χ4v) is 1.63. The molecule has 1 heterocycles. The minimum Gasteiger partial charge on any atom is -0.393 e. The first-order valence-electron chi connectivity index (χ1n) is 5.01. The fraction of sp³-hybridized carbons (Fsp3) is 0.778. The van der Waals surface area contributed by atoms with Crippen molar-refractivity contribution >= 4 is 23.2 Å². The molecule has 0 spiro atoms. The topological polar surface area (TPSA) is 58.4 Å². The molecule has 80 valence electrons. The molecule has 0 aliphatic carbocycles. The summed E-state index contributed by atoms with van der Waals surface area (Å²) >= 11 is 4.74. The summed E-state index contributed by atoms with van der Waals surface area (Å²) in [5.41, 5.74) is 5.34. The summed E-state index contributed by atoms with van der Waals surface area (Å²) in [5.74, 6) is 0. The van der Waals surface area contributed by atoms with Crippen molar-refractivity contribution in [1.82, 2.24) is 10.2 Å². The van der Waals surface area contributed by atoms with E-state index in [1.54, 1.807) is 0 Å². The molecule has 3 N–H and O–H groups in total. The molecular formula is C9H17N3OS. The molecule has 2 amide bonds. The summed E-state index contributed by atoms with van der Waals surface area (Å²) in [6.07, 6.45) is 3.78. The third kappa shape index (κ3) is 3.91. The predicted octanol–water partition coefficient (Wildman–Crippen LogP) is 0.858. The van der Waals surface area contributed by atoms with E-state index >= 15 is 0 Å². The number of nitrogens with zero attached hydrogens (tertiary/aromatic N) is 1. The van der Waals surface area contributed by atoms with Gasteiger partial charge in [0.2, 0.25) is 0 Å². The second kappa shape index (κ2) is 5.80. The highest BCUT2D eigenvalue weighted by molar-refractivity contribution is 7.80. The molecule has 0 aromatic rings. The minimum atomic E-state index is 0.0467. The summed E-state index contributed by atoms with van der Waals surface area (Å²) in [6.45, 7) is 2.44. The molecule has 0 aromatic carbocycles. The van der Waals surface area contributed by atoms with E-state index in [4.69, 9.17) is 18.0 Å². The number of nitrogens with one attached hydrogen (secondary N) is 1. The van der Waals surface area contributed by atoms with Gasteiger partial charge in [0.05, 0.1) is 4.99 Å². The second-order valence-corrected chi connectivity index (χ2v) is 4.02. The van der Waals surface area contributed by atoms with Gasteiger partial charge >= 0.3 is 6.03 Å². The Kier molecular flexibility index (Phi) is 4.65. The summed E-state index contributed by atoms with van der Waals surface area (Å²) in [4.78, 5) is 13.8. The lowest BCUT2D eigenvalue weighted by Crippen LogP contribution is -2.38. The number of rotatable bonds is 4. The van der Waals surface area contributed by atoms with Crippen LogP contribution in [-0.4, -0.2) is 35.6 Å². The van der Waals surface area contributed by atoms with E-state index in [9.17, 15) is 4.79 Å². The smallest absolute Gasteiger partial charge is 0.317 e. The summed E-state index contributed by atoms with van der Waals surface area (Å²) in [7, 11) is 0. The number of carbonyl (C=O) groups excluding carboxylic acids is 1. The van der Waals surface area contributed by atoms with E-state index in [2.05, 4.69) is 5.32 Å². The van der Waals surface area contributed by atoms with Crippen molar-refractivity contribution < 1.29 is 4.79 Å². The van der Waals surface area contributed by atoms with Gasteiger partial charge in [-0.05, 0) is 25.7 Å². The Bertz CT molecular complexity index is 214. The van der Waals surface area contributed by atoms with Crippen LogP contribution in [0, 0.1) is 0 Å². The first-order chi connectivity index (χ1) is 6.70. The Morgan fingerprint density at radius 1 is 1.43 bits per heavy atom. The van der Waals surface area contributed by atoms with Gasteiger partial charge in [-0.25, -0.2) is 4.79 Å². The first-order valence-corrected chi connectivity index (χ1v) is 5.42. The molecule has 0 radical (unpaired) electrons. The van der Waals surface area contributed by atoms with Crippen molar-refractivity contribution in [3.05, 3.63) is 0 Å². The van der Waals surface area contributed by atoms with Crippen molar-refractivity contribution in [2.24, 2.45) is 5.73 Å². The molecule has 5 heteroatoms. The van der Waals surface area contributed by atoms with Gasteiger partial charge in [0.15, 0.2) is 0 Å². The van der Waals surface area contributed by atoms with Crippen LogP contribution < -0.4 is 11.1 Å². The quantitative estimate of drug-likeness (QED) is 0.540. The maximum atomic E-state index is 11.4. The van der Waals surface area contributed by atoms with E-state index in [1.165, 1.54) is 0 Å². The summed E-state index contributed by atoms with van der Waals surface area (Å²) < 4.78 is 0. The molecular weight excluding hydrogens is 198 g/mol. The molecule has 1 fully saturated rings. The van der Waals surface area contributed by atoms with E-state index in [-0.39, 0.29) is 6.03 Å². The van der Waals surface area contributed by atoms with Crippen LogP contribution in [0.3, 0.4) is 0 Å². The van der Waals surface area contributed by atoms with Gasteiger partial charge < -0.3 is 16.0 Å². The summed E-state index contributed by atoms with van der Waals surface area (Å²) in [5, 5.41) is 2.85. The molecule has 0 bridgehead atoms. The Balaban J connectivity index is 2.05. The third-order valence-electron chi connectivity index (χ3n) is 2.27. The van der Waals surface area contributed by atoms with Crippen molar-refractivity contribution in [1.29, 1.82) is 0 Å².